The second-order valence-electron chi connectivity index (χ2n) is 7.76. The van der Waals surface area contributed by atoms with Crippen LogP contribution in [0.3, 0.4) is 0 Å². The summed E-state index contributed by atoms with van der Waals surface area (Å²) in [6, 6.07) is 8.56. The molecule has 5 heteroatoms. The molecule has 1 saturated heterocycles. The van der Waals surface area contributed by atoms with E-state index in [1.807, 2.05) is 12.1 Å². The van der Waals surface area contributed by atoms with Gasteiger partial charge in [-0.2, -0.15) is 5.10 Å². The first-order valence-corrected chi connectivity index (χ1v) is 9.42. The lowest BCUT2D eigenvalue weighted by atomic mass is 9.90. The fourth-order valence-electron chi connectivity index (χ4n) is 4.94. The van der Waals surface area contributed by atoms with Gasteiger partial charge < -0.3 is 10.1 Å². The Morgan fingerprint density at radius 3 is 2.69 bits per heavy atom. The van der Waals surface area contributed by atoms with E-state index in [9.17, 15) is 0 Å². The van der Waals surface area contributed by atoms with Crippen molar-refractivity contribution < 1.29 is 4.74 Å². The fraction of sp³-hybridized carbons (Fsp3) is 0.429. The number of methoxy groups -OCH3 is 1. The molecule has 5 nitrogen and oxygen atoms in total. The molecule has 1 aliphatic carbocycles. The lowest BCUT2D eigenvalue weighted by Gasteiger charge is -2.15. The van der Waals surface area contributed by atoms with Crippen molar-refractivity contribution in [2.24, 2.45) is 11.8 Å². The minimum Gasteiger partial charge on any atom is -0.481 e. The van der Waals surface area contributed by atoms with Crippen LogP contribution in [0.4, 0.5) is 0 Å². The summed E-state index contributed by atoms with van der Waals surface area (Å²) in [4.78, 5) is 4.21. The number of H-pyrrole nitrogens is 1. The van der Waals surface area contributed by atoms with E-state index in [1.54, 1.807) is 13.3 Å². The summed E-state index contributed by atoms with van der Waals surface area (Å²) in [5.41, 5.74) is 5.97. The minimum absolute atomic E-state index is 0.613. The molecule has 0 radical (unpaired) electrons. The molecular weight excluding hydrogens is 324 g/mol. The van der Waals surface area contributed by atoms with Crippen molar-refractivity contribution in [3.05, 3.63) is 41.6 Å². The topological polar surface area (TPSA) is 62.8 Å². The Balaban J connectivity index is 1.57. The molecule has 2 unspecified atom stereocenters. The van der Waals surface area contributed by atoms with Crippen molar-refractivity contribution in [1.82, 2.24) is 20.5 Å². The highest BCUT2D eigenvalue weighted by Crippen LogP contribution is 2.45. The first kappa shape index (κ1) is 15.8. The maximum absolute atomic E-state index is 5.28. The van der Waals surface area contributed by atoms with Gasteiger partial charge in [0.25, 0.3) is 0 Å². The molecule has 26 heavy (non-hydrogen) atoms. The molecule has 2 aliphatic rings. The van der Waals surface area contributed by atoms with Gasteiger partial charge in [0.15, 0.2) is 0 Å². The molecule has 2 atom stereocenters. The third-order valence-corrected chi connectivity index (χ3v) is 6.26. The van der Waals surface area contributed by atoms with E-state index in [0.29, 0.717) is 11.8 Å². The van der Waals surface area contributed by atoms with Crippen LogP contribution in [0.2, 0.25) is 0 Å². The second-order valence-corrected chi connectivity index (χ2v) is 7.76. The number of aryl methyl sites for hydroxylation is 1. The molecule has 0 bridgehead atoms. The van der Waals surface area contributed by atoms with E-state index in [0.717, 1.165) is 28.6 Å². The van der Waals surface area contributed by atoms with Crippen LogP contribution in [0.15, 0.2) is 30.5 Å². The van der Waals surface area contributed by atoms with Crippen molar-refractivity contribution >= 4 is 10.9 Å². The van der Waals surface area contributed by atoms with Gasteiger partial charge in [-0.1, -0.05) is 0 Å². The fourth-order valence-corrected chi connectivity index (χ4v) is 4.94. The molecule has 3 heterocycles. The summed E-state index contributed by atoms with van der Waals surface area (Å²) in [7, 11) is 1.64. The average molecular weight is 348 g/mol. The quantitative estimate of drug-likeness (QED) is 0.758. The van der Waals surface area contributed by atoms with Gasteiger partial charge in [-0.15, -0.1) is 0 Å². The molecule has 2 fully saturated rings. The van der Waals surface area contributed by atoms with Crippen LogP contribution in [0, 0.1) is 18.8 Å². The zero-order valence-electron chi connectivity index (χ0n) is 15.2. The lowest BCUT2D eigenvalue weighted by molar-refractivity contribution is 0.398. The van der Waals surface area contributed by atoms with Gasteiger partial charge in [0.05, 0.1) is 12.6 Å². The third kappa shape index (κ3) is 2.50. The van der Waals surface area contributed by atoms with E-state index >= 15 is 0 Å². The molecule has 3 aromatic rings. The number of aromatic amines is 1. The molecule has 1 aromatic carbocycles. The summed E-state index contributed by atoms with van der Waals surface area (Å²) in [5, 5.41) is 12.5. The summed E-state index contributed by atoms with van der Waals surface area (Å²) < 4.78 is 5.28. The molecule has 2 aromatic heterocycles. The van der Waals surface area contributed by atoms with Crippen molar-refractivity contribution in [2.75, 3.05) is 20.2 Å². The van der Waals surface area contributed by atoms with Crippen molar-refractivity contribution in [1.29, 1.82) is 0 Å². The average Bonchev–Trinajstić information content (AvgIpc) is 3.35. The summed E-state index contributed by atoms with van der Waals surface area (Å²) in [6.07, 6.45) is 4.38. The minimum atomic E-state index is 0.613. The highest BCUT2D eigenvalue weighted by atomic mass is 16.5. The summed E-state index contributed by atoms with van der Waals surface area (Å²) >= 11 is 0. The van der Waals surface area contributed by atoms with Gasteiger partial charge in [0, 0.05) is 23.2 Å². The standard InChI is InChI=1S/C21H24N4O/c1-12-5-19-18(9-17(12)14-6-15-10-22-11-16(15)7-14)21(25-24-19)13-3-4-23-20(8-13)26-2/h3-5,8-9,14-16,22H,6-7,10-11H2,1-2H3,(H,24,25). The second kappa shape index (κ2) is 6.09. The van der Waals surface area contributed by atoms with Crippen LogP contribution in [0.25, 0.3) is 22.2 Å². The van der Waals surface area contributed by atoms with Crippen LogP contribution in [-0.4, -0.2) is 35.4 Å². The van der Waals surface area contributed by atoms with Crippen LogP contribution in [-0.2, 0) is 0 Å². The molecular formula is C21H24N4O. The summed E-state index contributed by atoms with van der Waals surface area (Å²) in [5.74, 6) is 2.99. The Morgan fingerprint density at radius 2 is 1.92 bits per heavy atom. The number of hydrogen-bond acceptors (Lipinski definition) is 4. The molecule has 5 rings (SSSR count). The predicted octanol–water partition coefficient (Wildman–Crippen LogP) is 3.65. The highest BCUT2D eigenvalue weighted by molar-refractivity contribution is 5.94. The molecule has 1 aliphatic heterocycles. The number of nitrogens with one attached hydrogen (secondary N) is 2. The predicted molar refractivity (Wildman–Crippen MR) is 102 cm³/mol. The van der Waals surface area contributed by atoms with Gasteiger partial charge in [-0.25, -0.2) is 4.98 Å². The van der Waals surface area contributed by atoms with Crippen molar-refractivity contribution in [3.63, 3.8) is 0 Å². The number of hydrogen-bond donors (Lipinski definition) is 2. The Bertz CT molecular complexity index is 952. The zero-order chi connectivity index (χ0) is 17.7. The third-order valence-electron chi connectivity index (χ3n) is 6.26. The van der Waals surface area contributed by atoms with Crippen molar-refractivity contribution in [3.8, 4) is 17.1 Å². The Labute approximate surface area is 153 Å². The van der Waals surface area contributed by atoms with E-state index in [4.69, 9.17) is 4.74 Å². The van der Waals surface area contributed by atoms with E-state index in [2.05, 4.69) is 39.6 Å². The molecule has 0 spiro atoms. The van der Waals surface area contributed by atoms with Gasteiger partial charge in [0.2, 0.25) is 5.88 Å². The molecule has 134 valence electrons. The van der Waals surface area contributed by atoms with Crippen molar-refractivity contribution in [2.45, 2.75) is 25.7 Å². The van der Waals surface area contributed by atoms with Crippen LogP contribution in [0.5, 0.6) is 5.88 Å². The van der Waals surface area contributed by atoms with Gasteiger partial charge in [-0.3, -0.25) is 5.10 Å². The van der Waals surface area contributed by atoms with Crippen LogP contribution in [0.1, 0.15) is 29.9 Å². The molecule has 0 amide bonds. The normalized spacial score (nSPS) is 24.9. The van der Waals surface area contributed by atoms with Gasteiger partial charge in [0.1, 0.15) is 5.69 Å². The number of benzene rings is 1. The molecule has 1 saturated carbocycles. The number of pyridine rings is 1. The Morgan fingerprint density at radius 1 is 1.12 bits per heavy atom. The number of nitrogens with zero attached hydrogens (tertiary/aromatic N) is 2. The summed E-state index contributed by atoms with van der Waals surface area (Å²) in [6.45, 7) is 4.61. The van der Waals surface area contributed by atoms with Gasteiger partial charge >= 0.3 is 0 Å². The van der Waals surface area contributed by atoms with Crippen LogP contribution < -0.4 is 10.1 Å². The molecule has 2 N–H and O–H groups in total. The maximum Gasteiger partial charge on any atom is 0.213 e. The zero-order valence-corrected chi connectivity index (χ0v) is 15.2. The Hall–Kier alpha value is -2.40. The van der Waals surface area contributed by atoms with E-state index in [1.165, 1.54) is 42.4 Å². The van der Waals surface area contributed by atoms with Gasteiger partial charge in [-0.05, 0) is 79.9 Å². The number of ether oxygens (including phenoxy) is 1. The SMILES string of the molecule is COc1cc(-c2n[nH]c3cc(C)c(C4CC5CNCC5C4)cc23)ccn1. The maximum atomic E-state index is 5.28. The largest absolute Gasteiger partial charge is 0.481 e. The monoisotopic (exact) mass is 348 g/mol. The smallest absolute Gasteiger partial charge is 0.213 e. The number of rotatable bonds is 3. The first-order chi connectivity index (χ1) is 12.7. The van der Waals surface area contributed by atoms with Crippen LogP contribution >= 0.6 is 0 Å². The number of fused-ring (bicyclic) bond motifs is 2. The van der Waals surface area contributed by atoms with E-state index < -0.39 is 0 Å². The number of aromatic nitrogens is 3. The first-order valence-electron chi connectivity index (χ1n) is 9.42. The lowest BCUT2D eigenvalue weighted by Crippen LogP contribution is -2.11. The highest BCUT2D eigenvalue weighted by Gasteiger charge is 2.38. The Kier molecular flexibility index (Phi) is 3.71. The van der Waals surface area contributed by atoms with E-state index in [-0.39, 0.29) is 0 Å².